The number of rotatable bonds is 3. The highest BCUT2D eigenvalue weighted by Gasteiger charge is 2.61. The molecule has 0 heterocycles. The number of hydrogen-bond donors (Lipinski definition) is 3. The fourth-order valence-electron chi connectivity index (χ4n) is 7.98. The highest BCUT2D eigenvalue weighted by molar-refractivity contribution is 5.09. The zero-order valence-corrected chi connectivity index (χ0v) is 16.0. The van der Waals surface area contributed by atoms with E-state index in [1.807, 2.05) is 0 Å². The third-order valence-electron chi connectivity index (χ3n) is 9.37. The van der Waals surface area contributed by atoms with Gasteiger partial charge in [0.25, 0.3) is 0 Å². The fourth-order valence-corrected chi connectivity index (χ4v) is 7.98. The molecule has 3 heteroatoms. The standard InChI is InChI=1S/C21H38N2O/c1-20-9-7-15(24)13-14(20)3-4-16-17-5-6-19(23-12-11-22)21(17,2)10-8-18(16)20/h14-19,23-24H,3-13,22H2,1-2H3/p+2/t14-,15+,16+,17+,18-,19-,20-,21-/m0/s1. The molecule has 0 saturated heterocycles. The van der Waals surface area contributed by atoms with Crippen molar-refractivity contribution >= 4 is 0 Å². The minimum atomic E-state index is -0.0124. The largest absolute Gasteiger partial charge is 0.393 e. The van der Waals surface area contributed by atoms with Crippen LogP contribution in [0.15, 0.2) is 0 Å². The van der Waals surface area contributed by atoms with E-state index in [4.69, 9.17) is 0 Å². The second-order valence-electron chi connectivity index (χ2n) is 10.2. The number of quaternary nitrogens is 2. The summed E-state index contributed by atoms with van der Waals surface area (Å²) < 4.78 is 0. The van der Waals surface area contributed by atoms with Crippen LogP contribution in [-0.4, -0.2) is 30.3 Å². The third kappa shape index (κ3) is 2.49. The molecule has 138 valence electrons. The Hall–Kier alpha value is -0.120. The van der Waals surface area contributed by atoms with Crippen molar-refractivity contribution in [3.05, 3.63) is 0 Å². The van der Waals surface area contributed by atoms with Gasteiger partial charge in [0, 0.05) is 11.8 Å². The summed E-state index contributed by atoms with van der Waals surface area (Å²) in [6.45, 7) is 7.50. The van der Waals surface area contributed by atoms with Crippen LogP contribution >= 0.6 is 0 Å². The van der Waals surface area contributed by atoms with Gasteiger partial charge >= 0.3 is 0 Å². The summed E-state index contributed by atoms with van der Waals surface area (Å²) in [5, 5.41) is 12.8. The van der Waals surface area contributed by atoms with Crippen LogP contribution in [0.2, 0.25) is 0 Å². The molecule has 4 fully saturated rings. The molecule has 0 radical (unpaired) electrons. The molecule has 0 bridgehead atoms. The summed E-state index contributed by atoms with van der Waals surface area (Å²) in [5.74, 6) is 3.67. The summed E-state index contributed by atoms with van der Waals surface area (Å²) in [5.41, 5.74) is 5.15. The van der Waals surface area contributed by atoms with E-state index in [-0.39, 0.29) is 6.10 Å². The van der Waals surface area contributed by atoms with Gasteiger partial charge in [0.15, 0.2) is 0 Å². The molecule has 0 aromatic rings. The summed E-state index contributed by atoms with van der Waals surface area (Å²) >= 11 is 0. The van der Waals surface area contributed by atoms with E-state index in [0.29, 0.717) is 10.8 Å². The lowest BCUT2D eigenvalue weighted by atomic mass is 9.45. The predicted molar refractivity (Wildman–Crippen MR) is 96.1 cm³/mol. The highest BCUT2D eigenvalue weighted by atomic mass is 16.3. The normalized spacial score (nSPS) is 54.0. The SMILES string of the molecule is C[C@]12CC[C@@H](O)C[C@@H]1CC[C@@H]1[C@H]3CC[C@H]([NH2+]CC[NH3+])[C@@]3(C)CC[C@@H]12. The molecule has 0 aromatic heterocycles. The van der Waals surface area contributed by atoms with E-state index in [1.165, 1.54) is 51.5 Å². The van der Waals surface area contributed by atoms with Crippen LogP contribution in [0.25, 0.3) is 0 Å². The van der Waals surface area contributed by atoms with Crippen molar-refractivity contribution in [1.29, 1.82) is 0 Å². The van der Waals surface area contributed by atoms with Crippen LogP contribution in [0.3, 0.4) is 0 Å². The Balaban J connectivity index is 1.54. The average molecular weight is 337 g/mol. The molecule has 3 nitrogen and oxygen atoms in total. The van der Waals surface area contributed by atoms with Crippen molar-refractivity contribution < 1.29 is 16.2 Å². The molecule has 4 aliphatic carbocycles. The Labute approximate surface area is 148 Å². The second-order valence-corrected chi connectivity index (χ2v) is 10.2. The Kier molecular flexibility index (Phi) is 4.50. The number of aliphatic hydroxyl groups excluding tert-OH is 1. The van der Waals surface area contributed by atoms with E-state index >= 15 is 0 Å². The lowest BCUT2D eigenvalue weighted by molar-refractivity contribution is -0.712. The first-order chi connectivity index (χ1) is 11.5. The van der Waals surface area contributed by atoms with E-state index in [2.05, 4.69) is 24.9 Å². The molecule has 0 unspecified atom stereocenters. The van der Waals surface area contributed by atoms with Crippen molar-refractivity contribution in [3.8, 4) is 0 Å². The number of aliphatic hydroxyl groups is 1. The summed E-state index contributed by atoms with van der Waals surface area (Å²) in [6.07, 6.45) is 12.0. The minimum absolute atomic E-state index is 0.0124. The molecule has 4 aliphatic rings. The predicted octanol–water partition coefficient (Wildman–Crippen LogP) is 1.56. The van der Waals surface area contributed by atoms with Gasteiger partial charge in [-0.05, 0) is 80.5 Å². The zero-order chi connectivity index (χ0) is 16.9. The quantitative estimate of drug-likeness (QED) is 0.719. The van der Waals surface area contributed by atoms with Gasteiger partial charge in [-0.15, -0.1) is 0 Å². The van der Waals surface area contributed by atoms with Gasteiger partial charge in [-0.1, -0.05) is 13.8 Å². The Morgan fingerprint density at radius 1 is 0.958 bits per heavy atom. The van der Waals surface area contributed by atoms with Crippen molar-refractivity contribution in [1.82, 2.24) is 0 Å². The van der Waals surface area contributed by atoms with Gasteiger partial charge in [-0.25, -0.2) is 0 Å². The molecule has 6 N–H and O–H groups in total. The van der Waals surface area contributed by atoms with Crippen molar-refractivity contribution in [2.75, 3.05) is 13.1 Å². The first kappa shape index (κ1) is 17.3. The van der Waals surface area contributed by atoms with E-state index in [1.54, 1.807) is 0 Å². The fraction of sp³-hybridized carbons (Fsp3) is 1.00. The van der Waals surface area contributed by atoms with Gasteiger partial charge in [0.2, 0.25) is 0 Å². The molecular weight excluding hydrogens is 296 g/mol. The van der Waals surface area contributed by atoms with E-state index < -0.39 is 0 Å². The third-order valence-corrected chi connectivity index (χ3v) is 9.37. The Morgan fingerprint density at radius 2 is 1.71 bits per heavy atom. The van der Waals surface area contributed by atoms with Crippen LogP contribution in [0, 0.1) is 34.5 Å². The minimum Gasteiger partial charge on any atom is -0.393 e. The molecule has 0 aromatic carbocycles. The topological polar surface area (TPSA) is 64.5 Å². The van der Waals surface area contributed by atoms with Crippen molar-refractivity contribution in [2.24, 2.45) is 34.5 Å². The molecule has 24 heavy (non-hydrogen) atoms. The molecule has 0 spiro atoms. The van der Waals surface area contributed by atoms with E-state index in [0.717, 1.165) is 49.1 Å². The smallest absolute Gasteiger partial charge is 0.125 e. The summed E-state index contributed by atoms with van der Waals surface area (Å²) in [6, 6.07) is 0.851. The Morgan fingerprint density at radius 3 is 2.50 bits per heavy atom. The molecular formula is C21H40N2O+2. The second kappa shape index (κ2) is 6.25. The monoisotopic (exact) mass is 336 g/mol. The van der Waals surface area contributed by atoms with Crippen molar-refractivity contribution in [2.45, 2.75) is 83.8 Å². The first-order valence-electron chi connectivity index (χ1n) is 10.8. The number of fused-ring (bicyclic) bond motifs is 5. The van der Waals surface area contributed by atoms with Gasteiger partial charge in [0.1, 0.15) is 13.1 Å². The van der Waals surface area contributed by atoms with Crippen molar-refractivity contribution in [3.63, 3.8) is 0 Å². The van der Waals surface area contributed by atoms with Gasteiger partial charge in [-0.2, -0.15) is 0 Å². The van der Waals surface area contributed by atoms with Crippen LogP contribution in [0.1, 0.15) is 71.6 Å². The average Bonchev–Trinajstić information content (AvgIpc) is 2.90. The zero-order valence-electron chi connectivity index (χ0n) is 16.0. The lowest BCUT2D eigenvalue weighted by Gasteiger charge is -2.60. The summed E-state index contributed by atoms with van der Waals surface area (Å²) in [7, 11) is 0. The maximum atomic E-state index is 10.2. The molecule has 4 saturated carbocycles. The maximum absolute atomic E-state index is 10.2. The summed E-state index contributed by atoms with van der Waals surface area (Å²) in [4.78, 5) is 0. The van der Waals surface area contributed by atoms with Crippen LogP contribution in [0.4, 0.5) is 0 Å². The molecule has 4 rings (SSSR count). The molecule has 0 amide bonds. The molecule has 0 aliphatic heterocycles. The van der Waals surface area contributed by atoms with Gasteiger partial charge in [-0.3, -0.25) is 0 Å². The van der Waals surface area contributed by atoms with Crippen LogP contribution < -0.4 is 11.1 Å². The lowest BCUT2D eigenvalue weighted by Crippen LogP contribution is -2.95. The van der Waals surface area contributed by atoms with Crippen LogP contribution in [-0.2, 0) is 0 Å². The van der Waals surface area contributed by atoms with Crippen LogP contribution in [0.5, 0.6) is 0 Å². The maximum Gasteiger partial charge on any atom is 0.125 e. The van der Waals surface area contributed by atoms with E-state index in [9.17, 15) is 5.11 Å². The van der Waals surface area contributed by atoms with Gasteiger partial charge < -0.3 is 16.2 Å². The molecule has 8 atom stereocenters. The first-order valence-corrected chi connectivity index (χ1v) is 10.8. The number of hydrogen-bond acceptors (Lipinski definition) is 1. The van der Waals surface area contributed by atoms with Gasteiger partial charge in [0.05, 0.1) is 12.1 Å². The Bertz CT molecular complexity index is 469. The number of nitrogens with two attached hydrogens (primary N) is 1. The highest BCUT2D eigenvalue weighted by Crippen LogP contribution is 2.65.